The van der Waals surface area contributed by atoms with Crippen LogP contribution in [-0.2, 0) is 0 Å². The maximum Gasteiger partial charge on any atom is 0.0776 e. The summed E-state index contributed by atoms with van der Waals surface area (Å²) in [7, 11) is 0. The van der Waals surface area contributed by atoms with Crippen molar-refractivity contribution < 1.29 is 0 Å². The van der Waals surface area contributed by atoms with E-state index in [4.69, 9.17) is 0 Å². The second-order valence-electron chi connectivity index (χ2n) is 1.20. The zero-order valence-corrected chi connectivity index (χ0v) is 6.08. The molecule has 38 valence electrons. The highest BCUT2D eigenvalue weighted by atomic mass is 127. The Balaban J connectivity index is 2.82. The summed E-state index contributed by atoms with van der Waals surface area (Å²) in [6.07, 6.45) is 1.78. The van der Waals surface area contributed by atoms with E-state index in [2.05, 4.69) is 8.14 Å². The lowest BCUT2D eigenvalue weighted by Gasteiger charge is -1.87. The molecule has 0 aromatic heterocycles. The van der Waals surface area contributed by atoms with Crippen LogP contribution in [0.1, 0.15) is 6.92 Å². The van der Waals surface area contributed by atoms with Crippen LogP contribution in [0.5, 0.6) is 0 Å². The number of rotatable bonds is 0. The van der Waals surface area contributed by atoms with Crippen LogP contribution in [-0.4, -0.2) is 4.22 Å². The van der Waals surface area contributed by atoms with Crippen molar-refractivity contribution in [2.45, 2.75) is 6.92 Å². The lowest BCUT2D eigenvalue weighted by molar-refractivity contribution is 1.31. The normalized spacial score (nSPS) is 18.1. The standard InChI is InChI=1S/C4H5IN2/c1-4-2-6-3-5-7-4/h2-3H,1H3. The summed E-state index contributed by atoms with van der Waals surface area (Å²) in [6, 6.07) is 0. The van der Waals surface area contributed by atoms with Gasteiger partial charge >= 0.3 is 0 Å². The van der Waals surface area contributed by atoms with Crippen molar-refractivity contribution in [1.29, 1.82) is 0 Å². The summed E-state index contributed by atoms with van der Waals surface area (Å²) in [5, 5.41) is 0. The second kappa shape index (κ2) is 2.30. The second-order valence-corrected chi connectivity index (χ2v) is 2.80. The summed E-state index contributed by atoms with van der Waals surface area (Å²) in [5.74, 6) is 0. The van der Waals surface area contributed by atoms with Gasteiger partial charge in [-0.2, -0.15) is 0 Å². The number of hydrogen-bond donors (Lipinski definition) is 0. The van der Waals surface area contributed by atoms with Gasteiger partial charge in [0.25, 0.3) is 0 Å². The minimum Gasteiger partial charge on any atom is -0.255 e. The molecule has 0 amide bonds. The van der Waals surface area contributed by atoms with E-state index in [1.165, 1.54) is 0 Å². The molecule has 0 atom stereocenters. The molecule has 3 heteroatoms. The average molecular weight is 208 g/mol. The predicted octanol–water partition coefficient (Wildman–Crippen LogP) is 2.04. The van der Waals surface area contributed by atoms with Crippen molar-refractivity contribution in [3.05, 3.63) is 11.9 Å². The van der Waals surface area contributed by atoms with Gasteiger partial charge in [-0.05, 0) is 6.92 Å². The average Bonchev–Trinajstić information content (AvgIpc) is 1.69. The zero-order valence-electron chi connectivity index (χ0n) is 3.93. The molecule has 1 aliphatic heterocycles. The van der Waals surface area contributed by atoms with E-state index in [-0.39, 0.29) is 21.0 Å². The van der Waals surface area contributed by atoms with Gasteiger partial charge in [-0.1, -0.05) is 0 Å². The van der Waals surface area contributed by atoms with Crippen molar-refractivity contribution in [3.8, 4) is 0 Å². The van der Waals surface area contributed by atoms with E-state index in [0.29, 0.717) is 0 Å². The molecule has 1 rings (SSSR count). The van der Waals surface area contributed by atoms with E-state index in [1.54, 1.807) is 6.20 Å². The van der Waals surface area contributed by atoms with Gasteiger partial charge in [0.15, 0.2) is 0 Å². The zero-order chi connectivity index (χ0) is 5.11. The van der Waals surface area contributed by atoms with Gasteiger partial charge in [-0.15, -0.1) is 0 Å². The number of hydrogen-bond acceptors (Lipinski definition) is 2. The Morgan fingerprint density at radius 2 is 2.57 bits per heavy atom. The van der Waals surface area contributed by atoms with Crippen LogP contribution in [0.2, 0.25) is 0 Å². The van der Waals surface area contributed by atoms with Crippen LogP contribution in [0, 0.1) is 0 Å². The first-order valence-corrected chi connectivity index (χ1v) is 4.13. The third-order valence-corrected chi connectivity index (χ3v) is 2.15. The molecular weight excluding hydrogens is 203 g/mol. The van der Waals surface area contributed by atoms with Crippen molar-refractivity contribution >= 4 is 25.3 Å². The predicted molar refractivity (Wildman–Crippen MR) is 38.7 cm³/mol. The molecule has 0 aliphatic carbocycles. The van der Waals surface area contributed by atoms with Crippen molar-refractivity contribution in [2.24, 2.45) is 8.14 Å². The molecule has 1 heterocycles. The van der Waals surface area contributed by atoms with Gasteiger partial charge < -0.3 is 0 Å². The molecular formula is C4H5IN2. The largest absolute Gasteiger partial charge is 0.255 e. The Kier molecular flexibility index (Phi) is 1.67. The van der Waals surface area contributed by atoms with Gasteiger partial charge in [-0.3, -0.25) is 4.99 Å². The van der Waals surface area contributed by atoms with Crippen molar-refractivity contribution in [2.75, 3.05) is 0 Å². The lowest BCUT2D eigenvalue weighted by Crippen LogP contribution is -1.66. The van der Waals surface area contributed by atoms with E-state index in [9.17, 15) is 0 Å². The van der Waals surface area contributed by atoms with Gasteiger partial charge in [-0.25, -0.2) is 3.15 Å². The molecule has 7 heavy (non-hydrogen) atoms. The van der Waals surface area contributed by atoms with Crippen molar-refractivity contribution in [1.82, 2.24) is 0 Å². The fourth-order valence-electron chi connectivity index (χ4n) is 0.282. The fourth-order valence-corrected chi connectivity index (χ4v) is 1.27. The molecule has 0 aromatic carbocycles. The summed E-state index contributed by atoms with van der Waals surface area (Å²) in [4.78, 5) is 3.93. The SMILES string of the molecule is CC1=CN=CI=N1. The Bertz CT molecular complexity index is 146. The maximum atomic E-state index is 4.15. The molecule has 0 aromatic rings. The summed E-state index contributed by atoms with van der Waals surface area (Å²) in [5.41, 5.74) is 1.07. The molecule has 0 fully saturated rings. The molecule has 0 saturated heterocycles. The summed E-state index contributed by atoms with van der Waals surface area (Å²) in [6.45, 7) is 1.97. The Hall–Kier alpha value is -0.0600. The highest BCUT2D eigenvalue weighted by Gasteiger charge is 1.81. The molecule has 0 spiro atoms. The molecule has 0 bridgehead atoms. The molecule has 0 radical (unpaired) electrons. The van der Waals surface area contributed by atoms with E-state index in [1.807, 2.05) is 11.1 Å². The van der Waals surface area contributed by atoms with Crippen LogP contribution in [0.4, 0.5) is 0 Å². The van der Waals surface area contributed by atoms with Gasteiger partial charge in [0.05, 0.1) is 9.92 Å². The first-order chi connectivity index (χ1) is 3.39. The fraction of sp³-hybridized carbons (Fsp3) is 0.250. The molecule has 1 aliphatic rings. The topological polar surface area (TPSA) is 24.7 Å². The van der Waals surface area contributed by atoms with Crippen LogP contribution < -0.4 is 0 Å². The molecule has 0 saturated carbocycles. The van der Waals surface area contributed by atoms with Crippen molar-refractivity contribution in [3.63, 3.8) is 0 Å². The Morgan fingerprint density at radius 1 is 1.71 bits per heavy atom. The molecule has 0 unspecified atom stereocenters. The smallest absolute Gasteiger partial charge is 0.0776 e. The van der Waals surface area contributed by atoms with Crippen LogP contribution in [0.3, 0.4) is 0 Å². The lowest BCUT2D eigenvalue weighted by atomic mass is 10.6. The minimum absolute atomic E-state index is 0.0605. The third kappa shape index (κ3) is 1.46. The number of halogens is 1. The van der Waals surface area contributed by atoms with Crippen LogP contribution in [0.15, 0.2) is 20.0 Å². The summed E-state index contributed by atoms with van der Waals surface area (Å²) >= 11 is -0.0605. The van der Waals surface area contributed by atoms with Gasteiger partial charge in [0, 0.05) is 27.2 Å². The monoisotopic (exact) mass is 208 g/mol. The quantitative estimate of drug-likeness (QED) is 0.544. The molecule has 2 nitrogen and oxygen atoms in total. The highest BCUT2D eigenvalue weighted by Crippen LogP contribution is 2.08. The van der Waals surface area contributed by atoms with Crippen LogP contribution >= 0.6 is 21.0 Å². The van der Waals surface area contributed by atoms with Gasteiger partial charge in [0.2, 0.25) is 0 Å². The molecule has 0 N–H and O–H groups in total. The number of allylic oxidation sites excluding steroid dienone is 1. The first kappa shape index (κ1) is 5.08. The van der Waals surface area contributed by atoms with Crippen LogP contribution in [0.25, 0.3) is 0 Å². The third-order valence-electron chi connectivity index (χ3n) is 0.543. The highest BCUT2D eigenvalue weighted by molar-refractivity contribution is 14.2. The summed E-state index contributed by atoms with van der Waals surface area (Å²) < 4.78 is 6.05. The van der Waals surface area contributed by atoms with E-state index in [0.717, 1.165) is 5.70 Å². The Morgan fingerprint density at radius 3 is 2.86 bits per heavy atom. The number of nitrogens with zero attached hydrogens (tertiary/aromatic N) is 2. The minimum atomic E-state index is -0.0605. The Labute approximate surface area is 52.5 Å². The van der Waals surface area contributed by atoms with E-state index >= 15 is 0 Å². The van der Waals surface area contributed by atoms with Gasteiger partial charge in [0.1, 0.15) is 0 Å². The first-order valence-electron chi connectivity index (χ1n) is 1.92. The number of aliphatic imine (C=N–C) groups is 1. The maximum absolute atomic E-state index is 4.15. The van der Waals surface area contributed by atoms with E-state index < -0.39 is 0 Å².